The van der Waals surface area contributed by atoms with Crippen molar-refractivity contribution in [2.45, 2.75) is 4.90 Å². The van der Waals surface area contributed by atoms with E-state index in [0.717, 1.165) is 0 Å². The molecule has 0 radical (unpaired) electrons. The molecule has 150 valence electrons. The van der Waals surface area contributed by atoms with E-state index in [0.29, 0.717) is 37.8 Å². The van der Waals surface area contributed by atoms with Crippen LogP contribution in [0.3, 0.4) is 0 Å². The van der Waals surface area contributed by atoms with Crippen molar-refractivity contribution in [3.63, 3.8) is 0 Å². The lowest BCUT2D eigenvalue weighted by molar-refractivity contribution is 0.0728. The van der Waals surface area contributed by atoms with Crippen molar-refractivity contribution in [1.82, 2.24) is 4.31 Å². The maximum absolute atomic E-state index is 12.6. The quantitative estimate of drug-likeness (QED) is 0.534. The van der Waals surface area contributed by atoms with Gasteiger partial charge in [-0.3, -0.25) is 0 Å². The van der Waals surface area contributed by atoms with Gasteiger partial charge in [0.1, 0.15) is 17.2 Å². The Labute approximate surface area is 163 Å². The number of carbonyl (C=O) groups excluding carboxylic acids is 1. The van der Waals surface area contributed by atoms with Gasteiger partial charge in [-0.05, 0) is 36.4 Å². The Morgan fingerprint density at radius 2 is 1.50 bits per heavy atom. The number of ether oxygens (including phenoxy) is 4. The lowest BCUT2D eigenvalue weighted by Gasteiger charge is -2.26. The average Bonchev–Trinajstić information content (AvgIpc) is 2.74. The highest BCUT2D eigenvalue weighted by atomic mass is 32.2. The summed E-state index contributed by atoms with van der Waals surface area (Å²) in [6.07, 6.45) is 0. The van der Waals surface area contributed by atoms with E-state index in [1.165, 1.54) is 54.9 Å². The van der Waals surface area contributed by atoms with Gasteiger partial charge in [-0.2, -0.15) is 4.31 Å². The SMILES string of the molecule is COc1cc(OC)cc(C(=O)Oc2ccc(S(=O)(=O)N3CCOCC3)cc2)c1. The number of hydrogen-bond acceptors (Lipinski definition) is 7. The first kappa shape index (κ1) is 20.1. The Morgan fingerprint density at radius 3 is 2.04 bits per heavy atom. The van der Waals surface area contributed by atoms with Crippen LogP contribution in [0.25, 0.3) is 0 Å². The van der Waals surface area contributed by atoms with Crippen molar-refractivity contribution in [3.05, 3.63) is 48.0 Å². The fraction of sp³-hybridized carbons (Fsp3) is 0.316. The Hall–Kier alpha value is -2.62. The fourth-order valence-electron chi connectivity index (χ4n) is 2.71. The standard InChI is InChI=1S/C19H21NO7S/c1-24-16-11-14(12-17(13-16)25-2)19(21)27-15-3-5-18(6-4-15)28(22,23)20-7-9-26-10-8-20/h3-6,11-13H,7-10H2,1-2H3. The maximum Gasteiger partial charge on any atom is 0.343 e. The van der Waals surface area contributed by atoms with E-state index in [4.69, 9.17) is 18.9 Å². The minimum atomic E-state index is -3.60. The molecule has 0 unspecified atom stereocenters. The molecule has 0 amide bonds. The number of hydrogen-bond donors (Lipinski definition) is 0. The molecule has 1 saturated heterocycles. The molecule has 3 rings (SSSR count). The molecule has 0 atom stereocenters. The van der Waals surface area contributed by atoms with Crippen LogP contribution in [0.2, 0.25) is 0 Å². The van der Waals surface area contributed by atoms with E-state index in [9.17, 15) is 13.2 Å². The molecule has 8 nitrogen and oxygen atoms in total. The molecule has 0 aliphatic carbocycles. The number of rotatable bonds is 6. The molecular weight excluding hydrogens is 386 g/mol. The molecule has 1 aliphatic rings. The molecule has 0 spiro atoms. The van der Waals surface area contributed by atoms with E-state index < -0.39 is 16.0 Å². The molecule has 0 N–H and O–H groups in total. The van der Waals surface area contributed by atoms with Crippen LogP contribution in [0.15, 0.2) is 47.4 Å². The first-order chi connectivity index (χ1) is 13.4. The van der Waals surface area contributed by atoms with Crippen LogP contribution in [-0.4, -0.2) is 59.2 Å². The molecule has 0 bridgehead atoms. The molecule has 2 aromatic rings. The molecule has 28 heavy (non-hydrogen) atoms. The van der Waals surface area contributed by atoms with Crippen LogP contribution < -0.4 is 14.2 Å². The van der Waals surface area contributed by atoms with Gasteiger partial charge in [0.15, 0.2) is 0 Å². The van der Waals surface area contributed by atoms with E-state index in [1.807, 2.05) is 0 Å². The number of methoxy groups -OCH3 is 2. The second-order valence-corrected chi connectivity index (χ2v) is 7.92. The van der Waals surface area contributed by atoms with Crippen molar-refractivity contribution in [1.29, 1.82) is 0 Å². The highest BCUT2D eigenvalue weighted by molar-refractivity contribution is 7.89. The van der Waals surface area contributed by atoms with E-state index >= 15 is 0 Å². The number of benzene rings is 2. The molecule has 9 heteroatoms. The summed E-state index contributed by atoms with van der Waals surface area (Å²) < 4.78 is 47.4. The van der Waals surface area contributed by atoms with Gasteiger partial charge in [-0.15, -0.1) is 0 Å². The third-order valence-electron chi connectivity index (χ3n) is 4.23. The molecule has 2 aromatic carbocycles. The van der Waals surface area contributed by atoms with Crippen LogP contribution in [0.1, 0.15) is 10.4 Å². The summed E-state index contributed by atoms with van der Waals surface area (Å²) in [4.78, 5) is 12.5. The lowest BCUT2D eigenvalue weighted by atomic mass is 10.2. The molecule has 0 aromatic heterocycles. The van der Waals surface area contributed by atoms with Gasteiger partial charge in [0.2, 0.25) is 10.0 Å². The zero-order valence-corrected chi connectivity index (χ0v) is 16.4. The van der Waals surface area contributed by atoms with Crippen molar-refractivity contribution >= 4 is 16.0 Å². The summed E-state index contributed by atoms with van der Waals surface area (Å²) in [5.74, 6) is 0.533. The van der Waals surface area contributed by atoms with Gasteiger partial charge in [-0.25, -0.2) is 13.2 Å². The van der Waals surface area contributed by atoms with Gasteiger partial charge in [0.05, 0.1) is 37.9 Å². The first-order valence-electron chi connectivity index (χ1n) is 8.57. The Kier molecular flexibility index (Phi) is 6.18. The summed E-state index contributed by atoms with van der Waals surface area (Å²) in [6.45, 7) is 1.38. The molecule has 0 saturated carbocycles. The largest absolute Gasteiger partial charge is 0.497 e. The van der Waals surface area contributed by atoms with Gasteiger partial charge in [0.25, 0.3) is 0 Å². The number of carbonyl (C=O) groups is 1. The Morgan fingerprint density at radius 1 is 0.929 bits per heavy atom. The second-order valence-electron chi connectivity index (χ2n) is 5.98. The number of sulfonamides is 1. The average molecular weight is 407 g/mol. The lowest BCUT2D eigenvalue weighted by Crippen LogP contribution is -2.40. The van der Waals surface area contributed by atoms with Crippen molar-refractivity contribution in [3.8, 4) is 17.2 Å². The number of esters is 1. The summed E-state index contributed by atoms with van der Waals surface area (Å²) in [5.41, 5.74) is 0.251. The topological polar surface area (TPSA) is 91.4 Å². The number of morpholine rings is 1. The third-order valence-corrected chi connectivity index (χ3v) is 6.14. The third kappa shape index (κ3) is 4.44. The maximum atomic E-state index is 12.6. The predicted octanol–water partition coefficient (Wildman–Crippen LogP) is 1.94. The summed E-state index contributed by atoms with van der Waals surface area (Å²) in [6, 6.07) is 10.4. The Balaban J connectivity index is 1.74. The Bertz CT molecular complexity index is 913. The van der Waals surface area contributed by atoms with Crippen LogP contribution in [-0.2, 0) is 14.8 Å². The molecule has 1 fully saturated rings. The summed E-state index contributed by atoms with van der Waals surface area (Å²) >= 11 is 0. The van der Waals surface area contributed by atoms with Gasteiger partial charge < -0.3 is 18.9 Å². The van der Waals surface area contributed by atoms with E-state index in [2.05, 4.69) is 0 Å². The second kappa shape index (κ2) is 8.59. The zero-order chi connectivity index (χ0) is 20.1. The van der Waals surface area contributed by atoms with Crippen LogP contribution in [0.4, 0.5) is 0 Å². The van der Waals surface area contributed by atoms with Gasteiger partial charge in [-0.1, -0.05) is 0 Å². The summed E-state index contributed by atoms with van der Waals surface area (Å²) in [5, 5.41) is 0. The van der Waals surface area contributed by atoms with Crippen LogP contribution >= 0.6 is 0 Å². The molecule has 1 aliphatic heterocycles. The van der Waals surface area contributed by atoms with Gasteiger partial charge in [0, 0.05) is 19.2 Å². The normalized spacial score (nSPS) is 15.1. The first-order valence-corrected chi connectivity index (χ1v) is 10.0. The van der Waals surface area contributed by atoms with Crippen molar-refractivity contribution in [2.75, 3.05) is 40.5 Å². The smallest absolute Gasteiger partial charge is 0.343 e. The van der Waals surface area contributed by atoms with Crippen LogP contribution in [0.5, 0.6) is 17.2 Å². The molecular formula is C19H21NO7S. The van der Waals surface area contributed by atoms with E-state index in [1.54, 1.807) is 6.07 Å². The minimum Gasteiger partial charge on any atom is -0.497 e. The van der Waals surface area contributed by atoms with Crippen molar-refractivity contribution < 1.29 is 32.2 Å². The predicted molar refractivity (Wildman–Crippen MR) is 101 cm³/mol. The van der Waals surface area contributed by atoms with Gasteiger partial charge >= 0.3 is 5.97 Å². The van der Waals surface area contributed by atoms with Crippen LogP contribution in [0, 0.1) is 0 Å². The highest BCUT2D eigenvalue weighted by Crippen LogP contribution is 2.25. The summed E-state index contributed by atoms with van der Waals surface area (Å²) in [7, 11) is -0.630. The number of nitrogens with zero attached hydrogens (tertiary/aromatic N) is 1. The van der Waals surface area contributed by atoms with Crippen molar-refractivity contribution in [2.24, 2.45) is 0 Å². The highest BCUT2D eigenvalue weighted by Gasteiger charge is 2.26. The zero-order valence-electron chi connectivity index (χ0n) is 15.6. The molecule has 1 heterocycles. The fourth-order valence-corrected chi connectivity index (χ4v) is 4.11. The monoisotopic (exact) mass is 407 g/mol. The minimum absolute atomic E-state index is 0.136. The van der Waals surface area contributed by atoms with E-state index in [-0.39, 0.29) is 16.2 Å².